The number of rotatable bonds is 83. The van der Waals surface area contributed by atoms with Crippen LogP contribution < -0.4 is 0 Å². The molecule has 5 atom stereocenters. The minimum Gasteiger partial charge on any atom is -0.462 e. The molecule has 17 nitrogen and oxygen atoms in total. The average Bonchev–Trinajstić information content (AvgIpc) is 0.901. The Morgan fingerprint density at radius 1 is 0.264 bits per heavy atom. The van der Waals surface area contributed by atoms with Gasteiger partial charge >= 0.3 is 39.5 Å². The van der Waals surface area contributed by atoms with E-state index in [1.54, 1.807) is 0 Å². The summed E-state index contributed by atoms with van der Waals surface area (Å²) >= 11 is 0. The predicted octanol–water partition coefficient (Wildman–Crippen LogP) is 25.8. The Morgan fingerprint density at radius 3 is 0.774 bits per heavy atom. The van der Waals surface area contributed by atoms with Crippen LogP contribution in [0.2, 0.25) is 0 Å². The van der Waals surface area contributed by atoms with Gasteiger partial charge in [-0.25, -0.2) is 9.13 Å². The van der Waals surface area contributed by atoms with Crippen LogP contribution >= 0.6 is 15.6 Å². The maximum Gasteiger partial charge on any atom is 0.472 e. The Morgan fingerprint density at radius 2 is 0.472 bits per heavy atom. The van der Waals surface area contributed by atoms with E-state index in [0.29, 0.717) is 32.1 Å². The van der Waals surface area contributed by atoms with Crippen molar-refractivity contribution < 1.29 is 80.2 Å². The van der Waals surface area contributed by atoms with Crippen molar-refractivity contribution in [1.82, 2.24) is 0 Å². The van der Waals surface area contributed by atoms with Gasteiger partial charge in [0.05, 0.1) is 26.4 Å². The van der Waals surface area contributed by atoms with Crippen LogP contribution in [0.1, 0.15) is 413 Å². The molecule has 3 N–H and O–H groups in total. The number of phosphoric acid groups is 2. The Hall–Kier alpha value is -3.24. The van der Waals surface area contributed by atoms with Gasteiger partial charge in [0.1, 0.15) is 19.3 Å². The third-order valence-corrected chi connectivity index (χ3v) is 20.9. The largest absolute Gasteiger partial charge is 0.472 e. The zero-order chi connectivity index (χ0) is 77.4. The van der Waals surface area contributed by atoms with E-state index in [2.05, 4.69) is 76.3 Å². The Kier molecular flexibility index (Phi) is 77.4. The molecule has 0 aromatic carbocycles. The van der Waals surface area contributed by atoms with Crippen LogP contribution in [0.3, 0.4) is 0 Å². The molecule has 0 aliphatic heterocycles. The van der Waals surface area contributed by atoms with E-state index in [1.807, 2.05) is 12.2 Å². The Balaban J connectivity index is 5.36. The molecule has 0 bridgehead atoms. The lowest BCUT2D eigenvalue weighted by Crippen LogP contribution is -2.30. The van der Waals surface area contributed by atoms with Gasteiger partial charge in [-0.15, -0.1) is 0 Å². The molecule has 0 heterocycles. The van der Waals surface area contributed by atoms with E-state index < -0.39 is 97.5 Å². The summed E-state index contributed by atoms with van der Waals surface area (Å²) < 4.78 is 68.8. The summed E-state index contributed by atoms with van der Waals surface area (Å²) in [5.41, 5.74) is 0. The molecule has 0 rings (SSSR count). The van der Waals surface area contributed by atoms with Crippen molar-refractivity contribution in [2.24, 2.45) is 0 Å². The first-order valence-electron chi connectivity index (χ1n) is 43.5. The molecule has 19 heteroatoms. The first-order chi connectivity index (χ1) is 51.7. The molecule has 0 aromatic rings. The molecule has 2 unspecified atom stereocenters. The number of phosphoric ester groups is 2. The van der Waals surface area contributed by atoms with E-state index in [0.717, 1.165) is 109 Å². The number of esters is 4. The first-order valence-corrected chi connectivity index (χ1v) is 46.5. The molecule has 0 spiro atoms. The molecule has 0 amide bonds. The minimum atomic E-state index is -4.99. The van der Waals surface area contributed by atoms with Crippen molar-refractivity contribution in [3.63, 3.8) is 0 Å². The van der Waals surface area contributed by atoms with Gasteiger partial charge in [-0.05, 0) is 89.9 Å². The summed E-state index contributed by atoms with van der Waals surface area (Å²) in [6.07, 6.45) is 81.9. The molecule has 0 aliphatic rings. The fourth-order valence-electron chi connectivity index (χ4n) is 12.3. The fraction of sp³-hybridized carbons (Fsp3) is 0.839. The van der Waals surface area contributed by atoms with Crippen LogP contribution in [-0.2, 0) is 65.4 Å². The van der Waals surface area contributed by atoms with Crippen LogP contribution in [0, 0.1) is 0 Å². The minimum absolute atomic E-state index is 0.0775. The van der Waals surface area contributed by atoms with Gasteiger partial charge in [0.2, 0.25) is 0 Å². The van der Waals surface area contributed by atoms with Crippen LogP contribution in [0.15, 0.2) is 60.8 Å². The highest BCUT2D eigenvalue weighted by atomic mass is 31.2. The summed E-state index contributed by atoms with van der Waals surface area (Å²) in [6.45, 7) is 4.89. The number of carbonyl (C=O) groups is 4. The molecule has 0 saturated carbocycles. The van der Waals surface area contributed by atoms with Gasteiger partial charge in [-0.2, -0.15) is 0 Å². The van der Waals surface area contributed by atoms with Crippen LogP contribution in [0.5, 0.6) is 0 Å². The fourth-order valence-corrected chi connectivity index (χ4v) is 13.9. The van der Waals surface area contributed by atoms with Crippen LogP contribution in [0.4, 0.5) is 0 Å². The number of allylic oxidation sites excluding steroid dienone is 10. The number of aliphatic hydroxyl groups excluding tert-OH is 1. The second kappa shape index (κ2) is 79.8. The van der Waals surface area contributed by atoms with Gasteiger partial charge in [0, 0.05) is 25.7 Å². The summed E-state index contributed by atoms with van der Waals surface area (Å²) in [5.74, 6) is -2.20. The summed E-state index contributed by atoms with van der Waals surface area (Å²) in [6, 6.07) is 0. The number of unbranched alkanes of at least 4 members (excludes halogenated alkanes) is 47. The molecular formula is C87H160O17P2. The topological polar surface area (TPSA) is 237 Å². The molecule has 0 aliphatic carbocycles. The van der Waals surface area contributed by atoms with E-state index in [-0.39, 0.29) is 25.7 Å². The Bertz CT molecular complexity index is 2240. The van der Waals surface area contributed by atoms with Crippen molar-refractivity contribution in [2.45, 2.75) is 431 Å². The second-order valence-corrected chi connectivity index (χ2v) is 32.4. The molecule has 620 valence electrons. The Labute approximate surface area is 648 Å². The van der Waals surface area contributed by atoms with Gasteiger partial charge in [0.15, 0.2) is 12.2 Å². The maximum absolute atomic E-state index is 13.1. The van der Waals surface area contributed by atoms with Crippen molar-refractivity contribution in [1.29, 1.82) is 0 Å². The zero-order valence-corrected chi connectivity index (χ0v) is 69.9. The van der Waals surface area contributed by atoms with E-state index in [1.165, 1.54) is 218 Å². The molecular weight excluding hydrogens is 1380 g/mol. The number of carbonyl (C=O) groups excluding carboxylic acids is 4. The van der Waals surface area contributed by atoms with Crippen LogP contribution in [-0.4, -0.2) is 96.7 Å². The smallest absolute Gasteiger partial charge is 0.462 e. The molecule has 0 radical (unpaired) electrons. The standard InChI is InChI=1S/C87H160O17P2/c1-5-9-13-17-21-25-29-33-37-40-44-47-51-55-59-63-67-71-84(89)97-77-82(103-86(91)73-69-65-61-57-53-49-43-36-32-28-24-20-16-12-8-4)79-101-105(93,94)99-75-81(88)76-100-106(95,96)102-80-83(104-87(92)74-70-66-62-58-54-50-46-42-39-35-31-27-23-19-15-11-7-3)78-98-85(90)72-68-64-60-56-52-48-45-41-38-34-30-26-22-18-14-10-6-2/h21,25,33,36-37,43-44,47,55,59,81-83,88H,5-20,22-24,26-32,34-35,38-42,45-46,48-54,56-58,60-80H2,1-4H3,(H,93,94)(H,95,96)/b25-21-,37-33-,43-36-,47-44-,59-55-/t81-,82+,83+/m0/s1. The van der Waals surface area contributed by atoms with Gasteiger partial charge in [-0.3, -0.25) is 37.3 Å². The third kappa shape index (κ3) is 78.9. The van der Waals surface area contributed by atoms with E-state index >= 15 is 0 Å². The number of hydrogen-bond acceptors (Lipinski definition) is 15. The lowest BCUT2D eigenvalue weighted by molar-refractivity contribution is -0.161. The van der Waals surface area contributed by atoms with Gasteiger partial charge in [0.25, 0.3) is 0 Å². The normalized spacial score (nSPS) is 14.1. The molecule has 0 fully saturated rings. The number of ether oxygens (including phenoxy) is 4. The highest BCUT2D eigenvalue weighted by Gasteiger charge is 2.30. The van der Waals surface area contributed by atoms with Crippen molar-refractivity contribution in [3.8, 4) is 0 Å². The highest BCUT2D eigenvalue weighted by molar-refractivity contribution is 7.47. The zero-order valence-electron chi connectivity index (χ0n) is 68.1. The quantitative estimate of drug-likeness (QED) is 0.0169. The van der Waals surface area contributed by atoms with Gasteiger partial charge in [-0.1, -0.05) is 358 Å². The predicted molar refractivity (Wildman–Crippen MR) is 437 cm³/mol. The lowest BCUT2D eigenvalue weighted by Gasteiger charge is -2.21. The van der Waals surface area contributed by atoms with Crippen LogP contribution in [0.25, 0.3) is 0 Å². The lowest BCUT2D eigenvalue weighted by atomic mass is 10.0. The third-order valence-electron chi connectivity index (χ3n) is 19.0. The molecule has 106 heavy (non-hydrogen) atoms. The SMILES string of the molecule is CCCCC/C=C\C/C=C\C/C=C\C/C=C\CCCC(=O)OC[C@H](COP(=O)(O)OC[C@H](O)COP(=O)(O)OC[C@@H](COC(=O)CCCCCCCCCCCCCCCCCCC)OC(=O)CCCCCCCCCCCCCCCCCCC)OC(=O)CCCCCCC/C=C\CCCCCCCC. The van der Waals surface area contributed by atoms with Crippen molar-refractivity contribution >= 4 is 39.5 Å². The summed E-state index contributed by atoms with van der Waals surface area (Å²) in [7, 11) is -9.96. The highest BCUT2D eigenvalue weighted by Crippen LogP contribution is 2.45. The maximum atomic E-state index is 13.1. The van der Waals surface area contributed by atoms with Crippen molar-refractivity contribution in [3.05, 3.63) is 60.8 Å². The molecule has 0 saturated heterocycles. The number of aliphatic hydroxyl groups is 1. The van der Waals surface area contributed by atoms with E-state index in [4.69, 9.17) is 37.0 Å². The summed E-state index contributed by atoms with van der Waals surface area (Å²) in [4.78, 5) is 73.2. The number of hydrogen-bond donors (Lipinski definition) is 3. The van der Waals surface area contributed by atoms with E-state index in [9.17, 15) is 43.2 Å². The van der Waals surface area contributed by atoms with Crippen molar-refractivity contribution in [2.75, 3.05) is 39.6 Å². The molecule has 0 aromatic heterocycles. The summed E-state index contributed by atoms with van der Waals surface area (Å²) in [5, 5.41) is 10.7. The van der Waals surface area contributed by atoms with Gasteiger partial charge < -0.3 is 33.8 Å². The second-order valence-electron chi connectivity index (χ2n) is 29.5. The first kappa shape index (κ1) is 103. The average molecular weight is 1540 g/mol. The monoisotopic (exact) mass is 1540 g/mol.